The van der Waals surface area contributed by atoms with Crippen molar-refractivity contribution in [1.29, 1.82) is 0 Å². The molecule has 132 valence electrons. The van der Waals surface area contributed by atoms with Crippen LogP contribution in [0.4, 0.5) is 5.69 Å². The smallest absolute Gasteiger partial charge is 0.268 e. The summed E-state index contributed by atoms with van der Waals surface area (Å²) in [7, 11) is 1.78. The van der Waals surface area contributed by atoms with E-state index in [4.69, 9.17) is 9.47 Å². The van der Waals surface area contributed by atoms with Gasteiger partial charge in [-0.2, -0.15) is 0 Å². The standard InChI is InChI=1S/C21H19NO3S/c1-3-24-18-11-7-5-9-16(18)22(2)21(23)19-12-14-13-25-17-10-6-4-8-15(17)20(14)26-19/h4-12H,3,13H2,1-2H3. The monoisotopic (exact) mass is 365 g/mol. The van der Waals surface area contributed by atoms with E-state index in [1.807, 2.05) is 61.5 Å². The van der Waals surface area contributed by atoms with Crippen molar-refractivity contribution in [3.8, 4) is 21.9 Å². The molecule has 0 radical (unpaired) electrons. The number of anilines is 1. The topological polar surface area (TPSA) is 38.8 Å². The number of rotatable bonds is 4. The molecule has 0 aliphatic carbocycles. The van der Waals surface area contributed by atoms with E-state index in [9.17, 15) is 4.79 Å². The summed E-state index contributed by atoms with van der Waals surface area (Å²) in [5.41, 5.74) is 2.88. The fraction of sp³-hybridized carbons (Fsp3) is 0.190. The maximum absolute atomic E-state index is 13.1. The molecule has 4 rings (SSSR count). The number of nitrogens with zero attached hydrogens (tertiary/aromatic N) is 1. The molecule has 1 aromatic heterocycles. The summed E-state index contributed by atoms with van der Waals surface area (Å²) in [4.78, 5) is 16.5. The van der Waals surface area contributed by atoms with Gasteiger partial charge < -0.3 is 14.4 Å². The summed E-state index contributed by atoms with van der Waals surface area (Å²) in [5, 5.41) is 0. The van der Waals surface area contributed by atoms with Gasteiger partial charge in [-0.1, -0.05) is 24.3 Å². The first kappa shape index (κ1) is 16.7. The van der Waals surface area contributed by atoms with Crippen LogP contribution >= 0.6 is 11.3 Å². The van der Waals surface area contributed by atoms with Crippen molar-refractivity contribution >= 4 is 22.9 Å². The molecular formula is C21H19NO3S. The van der Waals surface area contributed by atoms with Crippen molar-refractivity contribution in [3.05, 3.63) is 65.0 Å². The van der Waals surface area contributed by atoms with Crippen LogP contribution in [-0.4, -0.2) is 19.6 Å². The van der Waals surface area contributed by atoms with E-state index in [-0.39, 0.29) is 5.91 Å². The van der Waals surface area contributed by atoms with E-state index in [1.54, 1.807) is 11.9 Å². The fourth-order valence-electron chi connectivity index (χ4n) is 3.09. The molecule has 2 aromatic carbocycles. The zero-order valence-electron chi connectivity index (χ0n) is 14.7. The summed E-state index contributed by atoms with van der Waals surface area (Å²) in [6.07, 6.45) is 0. The molecule has 4 nitrogen and oxygen atoms in total. The first-order chi connectivity index (χ1) is 12.7. The number of benzene rings is 2. The predicted octanol–water partition coefficient (Wildman–Crippen LogP) is 4.98. The van der Waals surface area contributed by atoms with Crippen LogP contribution in [-0.2, 0) is 6.61 Å². The number of carbonyl (C=O) groups excluding carboxylic acids is 1. The molecule has 0 saturated heterocycles. The van der Waals surface area contributed by atoms with E-state index in [0.717, 1.165) is 27.4 Å². The lowest BCUT2D eigenvalue weighted by Crippen LogP contribution is -2.26. The SMILES string of the molecule is CCOc1ccccc1N(C)C(=O)c1cc2c(s1)-c1ccccc1OC2. The summed E-state index contributed by atoms with van der Waals surface area (Å²) in [6, 6.07) is 17.5. The maximum Gasteiger partial charge on any atom is 0.268 e. The van der Waals surface area contributed by atoms with E-state index in [2.05, 4.69) is 0 Å². The Hall–Kier alpha value is -2.79. The predicted molar refractivity (Wildman–Crippen MR) is 104 cm³/mol. The first-order valence-corrected chi connectivity index (χ1v) is 9.35. The molecule has 0 saturated carbocycles. The van der Waals surface area contributed by atoms with Crippen LogP contribution in [0.15, 0.2) is 54.6 Å². The third-order valence-electron chi connectivity index (χ3n) is 4.37. The van der Waals surface area contributed by atoms with Crippen molar-refractivity contribution in [3.63, 3.8) is 0 Å². The molecule has 1 aliphatic rings. The average Bonchev–Trinajstić information content (AvgIpc) is 3.12. The van der Waals surface area contributed by atoms with Crippen molar-refractivity contribution in [2.75, 3.05) is 18.6 Å². The summed E-state index contributed by atoms with van der Waals surface area (Å²) >= 11 is 1.52. The number of amides is 1. The van der Waals surface area contributed by atoms with Crippen LogP contribution in [0, 0.1) is 0 Å². The number of fused-ring (bicyclic) bond motifs is 3. The van der Waals surface area contributed by atoms with Gasteiger partial charge in [-0.3, -0.25) is 4.79 Å². The molecule has 1 aliphatic heterocycles. The van der Waals surface area contributed by atoms with Crippen LogP contribution in [0.25, 0.3) is 10.4 Å². The Morgan fingerprint density at radius 3 is 2.81 bits per heavy atom. The lowest BCUT2D eigenvalue weighted by atomic mass is 10.1. The highest BCUT2D eigenvalue weighted by molar-refractivity contribution is 7.17. The Kier molecular flexibility index (Phi) is 4.39. The highest BCUT2D eigenvalue weighted by Gasteiger charge is 2.25. The number of hydrogen-bond acceptors (Lipinski definition) is 4. The van der Waals surface area contributed by atoms with Gasteiger partial charge in [-0.05, 0) is 37.3 Å². The van der Waals surface area contributed by atoms with Crippen molar-refractivity contribution < 1.29 is 14.3 Å². The lowest BCUT2D eigenvalue weighted by molar-refractivity contribution is 0.0996. The van der Waals surface area contributed by atoms with Crippen LogP contribution in [0.2, 0.25) is 0 Å². The molecule has 0 unspecified atom stereocenters. The number of thiophene rings is 1. The summed E-state index contributed by atoms with van der Waals surface area (Å²) in [6.45, 7) is 2.99. The zero-order valence-corrected chi connectivity index (χ0v) is 15.5. The van der Waals surface area contributed by atoms with Gasteiger partial charge in [0.15, 0.2) is 0 Å². The van der Waals surface area contributed by atoms with Crippen LogP contribution in [0.5, 0.6) is 11.5 Å². The lowest BCUT2D eigenvalue weighted by Gasteiger charge is -2.19. The van der Waals surface area contributed by atoms with Gasteiger partial charge in [-0.15, -0.1) is 11.3 Å². The molecule has 0 N–H and O–H groups in total. The summed E-state index contributed by atoms with van der Waals surface area (Å²) in [5.74, 6) is 1.53. The second kappa shape index (κ2) is 6.84. The van der Waals surface area contributed by atoms with Gasteiger partial charge in [0.25, 0.3) is 5.91 Å². The van der Waals surface area contributed by atoms with Crippen LogP contribution in [0.1, 0.15) is 22.2 Å². The number of para-hydroxylation sites is 3. The van der Waals surface area contributed by atoms with Gasteiger partial charge >= 0.3 is 0 Å². The molecule has 0 atom stereocenters. The minimum atomic E-state index is -0.0472. The van der Waals surface area contributed by atoms with Gasteiger partial charge in [0.1, 0.15) is 18.1 Å². The maximum atomic E-state index is 13.1. The normalized spacial score (nSPS) is 11.9. The fourth-order valence-corrected chi connectivity index (χ4v) is 4.26. The van der Waals surface area contributed by atoms with Crippen LogP contribution in [0.3, 0.4) is 0 Å². The highest BCUT2D eigenvalue weighted by Crippen LogP contribution is 2.42. The Morgan fingerprint density at radius 2 is 1.96 bits per heavy atom. The van der Waals surface area contributed by atoms with Gasteiger partial charge in [0.2, 0.25) is 0 Å². The van der Waals surface area contributed by atoms with Crippen LogP contribution < -0.4 is 14.4 Å². The van der Waals surface area contributed by atoms with E-state index in [0.29, 0.717) is 23.8 Å². The molecule has 26 heavy (non-hydrogen) atoms. The molecule has 0 spiro atoms. The molecule has 5 heteroatoms. The second-order valence-corrected chi connectivity index (χ2v) is 7.07. The third kappa shape index (κ3) is 2.84. The second-order valence-electron chi connectivity index (χ2n) is 6.01. The molecular weight excluding hydrogens is 346 g/mol. The van der Waals surface area contributed by atoms with E-state index < -0.39 is 0 Å². The Bertz CT molecular complexity index is 963. The minimum Gasteiger partial charge on any atom is -0.492 e. The molecule has 3 aromatic rings. The summed E-state index contributed by atoms with van der Waals surface area (Å²) < 4.78 is 11.5. The molecule has 0 bridgehead atoms. The van der Waals surface area contributed by atoms with Crippen molar-refractivity contribution in [2.24, 2.45) is 0 Å². The minimum absolute atomic E-state index is 0.0472. The molecule has 2 heterocycles. The Balaban J connectivity index is 1.68. The largest absolute Gasteiger partial charge is 0.492 e. The zero-order chi connectivity index (χ0) is 18.1. The third-order valence-corrected chi connectivity index (χ3v) is 5.56. The van der Waals surface area contributed by atoms with E-state index >= 15 is 0 Å². The quantitative estimate of drug-likeness (QED) is 0.654. The molecule has 0 fully saturated rings. The highest BCUT2D eigenvalue weighted by atomic mass is 32.1. The number of hydrogen-bond donors (Lipinski definition) is 0. The van der Waals surface area contributed by atoms with E-state index in [1.165, 1.54) is 11.3 Å². The van der Waals surface area contributed by atoms with Crippen molar-refractivity contribution in [1.82, 2.24) is 0 Å². The number of carbonyl (C=O) groups is 1. The average molecular weight is 365 g/mol. The van der Waals surface area contributed by atoms with Gasteiger partial charge in [-0.25, -0.2) is 0 Å². The van der Waals surface area contributed by atoms with Crippen molar-refractivity contribution in [2.45, 2.75) is 13.5 Å². The molecule has 1 amide bonds. The van der Waals surface area contributed by atoms with Gasteiger partial charge in [0, 0.05) is 23.1 Å². The number of ether oxygens (including phenoxy) is 2. The first-order valence-electron chi connectivity index (χ1n) is 8.54. The Morgan fingerprint density at radius 1 is 1.19 bits per heavy atom. The Labute approximate surface area is 156 Å². The van der Waals surface area contributed by atoms with Gasteiger partial charge in [0.05, 0.1) is 17.2 Å².